The molecule has 1 saturated carbocycles. The smallest absolute Gasteiger partial charge is 0.348 e. The number of aryl methyl sites for hydroxylation is 1. The number of anilines is 1. The third kappa shape index (κ3) is 2.52. The third-order valence-electron chi connectivity index (χ3n) is 5.02. The number of hydrogen-bond acceptors (Lipinski definition) is 7. The Balaban J connectivity index is 1.82. The number of rotatable bonds is 5. The van der Waals surface area contributed by atoms with E-state index in [-0.39, 0.29) is 11.6 Å². The zero-order valence-corrected chi connectivity index (χ0v) is 14.9. The fraction of sp³-hybridized carbons (Fsp3) is 0.625. The minimum atomic E-state index is -1.26. The normalized spacial score (nSPS) is 18.9. The van der Waals surface area contributed by atoms with Crippen LogP contribution in [0.25, 0.3) is 11.2 Å². The quantitative estimate of drug-likeness (QED) is 0.735. The molecule has 2 N–H and O–H groups in total. The first-order valence-corrected chi connectivity index (χ1v) is 8.82. The lowest BCUT2D eigenvalue weighted by atomic mass is 10.3. The van der Waals surface area contributed by atoms with E-state index in [1.807, 2.05) is 11.5 Å². The van der Waals surface area contributed by atoms with E-state index in [1.165, 1.54) is 4.57 Å². The van der Waals surface area contributed by atoms with Gasteiger partial charge in [-0.05, 0) is 6.92 Å². The van der Waals surface area contributed by atoms with Gasteiger partial charge in [-0.3, -0.25) is 9.36 Å². The molecule has 140 valence electrons. The lowest BCUT2D eigenvalue weighted by Crippen LogP contribution is -2.44. The Hall–Kier alpha value is -2.62. The van der Waals surface area contributed by atoms with Crippen molar-refractivity contribution >= 4 is 23.1 Å². The Morgan fingerprint density at radius 1 is 1.31 bits per heavy atom. The maximum Gasteiger partial charge on any atom is 0.348 e. The van der Waals surface area contributed by atoms with E-state index in [2.05, 4.69) is 20.2 Å². The van der Waals surface area contributed by atoms with Crippen molar-refractivity contribution in [2.75, 3.05) is 31.1 Å². The summed E-state index contributed by atoms with van der Waals surface area (Å²) in [5, 5.41) is 12.6. The summed E-state index contributed by atoms with van der Waals surface area (Å²) in [6.45, 7) is 5.86. The van der Waals surface area contributed by atoms with Gasteiger partial charge in [-0.25, -0.2) is 4.79 Å². The van der Waals surface area contributed by atoms with Crippen molar-refractivity contribution in [3.63, 3.8) is 0 Å². The fourth-order valence-corrected chi connectivity index (χ4v) is 3.27. The van der Waals surface area contributed by atoms with Gasteiger partial charge in [-0.2, -0.15) is 9.97 Å². The summed E-state index contributed by atoms with van der Waals surface area (Å²) in [5.74, 6) is -0.322. The molecule has 0 spiro atoms. The molecule has 0 unspecified atom stereocenters. The summed E-state index contributed by atoms with van der Waals surface area (Å²) >= 11 is 0. The molecule has 2 fully saturated rings. The zero-order valence-electron chi connectivity index (χ0n) is 14.9. The van der Waals surface area contributed by atoms with Crippen LogP contribution in [0.5, 0.6) is 6.01 Å². The maximum absolute atomic E-state index is 12.9. The number of fused-ring (bicyclic) bond motifs is 1. The van der Waals surface area contributed by atoms with Crippen LogP contribution in [0, 0.1) is 0 Å². The molecule has 3 heterocycles. The number of hydrogen-bond donors (Lipinski definition) is 2. The number of ether oxygens (including phenoxy) is 1. The number of imidazole rings is 1. The molecular weight excluding hydrogens is 340 g/mol. The van der Waals surface area contributed by atoms with Gasteiger partial charge >= 0.3 is 12.0 Å². The van der Waals surface area contributed by atoms with Gasteiger partial charge in [0.15, 0.2) is 11.2 Å². The molecule has 2 aromatic heterocycles. The van der Waals surface area contributed by atoms with Crippen LogP contribution in [0.15, 0.2) is 4.79 Å². The van der Waals surface area contributed by atoms with Gasteiger partial charge in [-0.1, -0.05) is 0 Å². The minimum absolute atomic E-state index is 0.00462. The molecule has 10 heteroatoms. The number of carboxylic acid groups (broad SMARTS) is 1. The summed E-state index contributed by atoms with van der Waals surface area (Å²) < 4.78 is 8.73. The van der Waals surface area contributed by atoms with Gasteiger partial charge in [0, 0.05) is 52.6 Å². The van der Waals surface area contributed by atoms with E-state index >= 15 is 0 Å². The maximum atomic E-state index is 12.9. The van der Waals surface area contributed by atoms with Crippen LogP contribution in [0.1, 0.15) is 19.8 Å². The number of nitrogens with zero attached hydrogens (tertiary/aromatic N) is 5. The minimum Gasteiger partial charge on any atom is -0.478 e. The van der Waals surface area contributed by atoms with Crippen LogP contribution in [0.3, 0.4) is 0 Å². The van der Waals surface area contributed by atoms with Gasteiger partial charge in [0.1, 0.15) is 0 Å². The second-order valence-corrected chi connectivity index (χ2v) is 6.73. The van der Waals surface area contributed by atoms with Crippen molar-refractivity contribution in [1.82, 2.24) is 24.4 Å². The molecule has 26 heavy (non-hydrogen) atoms. The second-order valence-electron chi connectivity index (χ2n) is 6.73. The molecule has 2 aliphatic rings. The first kappa shape index (κ1) is 16.8. The highest BCUT2D eigenvalue weighted by atomic mass is 16.5. The molecule has 2 aromatic rings. The summed E-state index contributed by atoms with van der Waals surface area (Å²) in [7, 11) is 1.54. The van der Waals surface area contributed by atoms with Gasteiger partial charge in [0.2, 0.25) is 11.5 Å². The number of carbonyl (C=O) groups is 1. The van der Waals surface area contributed by atoms with Crippen molar-refractivity contribution in [2.24, 2.45) is 7.05 Å². The first-order valence-electron chi connectivity index (χ1n) is 8.82. The van der Waals surface area contributed by atoms with Gasteiger partial charge in [0.05, 0.1) is 0 Å². The molecule has 0 amide bonds. The number of nitrogens with one attached hydrogen (secondary N) is 1. The molecule has 1 saturated heterocycles. The van der Waals surface area contributed by atoms with Crippen molar-refractivity contribution < 1.29 is 14.6 Å². The Labute approximate surface area is 149 Å². The molecule has 0 bridgehead atoms. The predicted octanol–water partition coefficient (Wildman–Crippen LogP) is -0.444. The fourth-order valence-electron chi connectivity index (χ4n) is 3.27. The molecule has 0 aromatic carbocycles. The SMILES string of the molecule is CCn1c(N2CCNCC2)nc2nc(OC3(C(=O)O)CC3)n(C)c(=O)c21. The van der Waals surface area contributed by atoms with Crippen LogP contribution < -0.4 is 20.5 Å². The Morgan fingerprint density at radius 2 is 2.00 bits per heavy atom. The average Bonchev–Trinajstić information content (AvgIpc) is 3.33. The van der Waals surface area contributed by atoms with Crippen molar-refractivity contribution in [1.29, 1.82) is 0 Å². The molecule has 1 aliphatic carbocycles. The number of carboxylic acids is 1. The van der Waals surface area contributed by atoms with E-state index in [1.54, 1.807) is 7.05 Å². The first-order chi connectivity index (χ1) is 12.5. The summed E-state index contributed by atoms with van der Waals surface area (Å²) in [5.41, 5.74) is -0.850. The highest BCUT2D eigenvalue weighted by Gasteiger charge is 2.54. The van der Waals surface area contributed by atoms with Gasteiger partial charge < -0.3 is 24.6 Å². The summed E-state index contributed by atoms with van der Waals surface area (Å²) in [6, 6.07) is -0.00462. The summed E-state index contributed by atoms with van der Waals surface area (Å²) in [6.07, 6.45) is 0.817. The van der Waals surface area contributed by atoms with Crippen molar-refractivity contribution in [3.8, 4) is 6.01 Å². The third-order valence-corrected chi connectivity index (χ3v) is 5.02. The molecule has 10 nitrogen and oxygen atoms in total. The van der Waals surface area contributed by atoms with E-state index in [9.17, 15) is 14.7 Å². The summed E-state index contributed by atoms with van der Waals surface area (Å²) in [4.78, 5) is 35.4. The predicted molar refractivity (Wildman–Crippen MR) is 93.8 cm³/mol. The highest BCUT2D eigenvalue weighted by Crippen LogP contribution is 2.40. The lowest BCUT2D eigenvalue weighted by molar-refractivity contribution is -0.147. The Kier molecular flexibility index (Phi) is 3.87. The van der Waals surface area contributed by atoms with Crippen LogP contribution >= 0.6 is 0 Å². The largest absolute Gasteiger partial charge is 0.478 e. The molecule has 1 aliphatic heterocycles. The van der Waals surface area contributed by atoms with Gasteiger partial charge in [0.25, 0.3) is 5.56 Å². The Bertz CT molecular complexity index is 923. The standard InChI is InChI=1S/C16H22N6O4/c1-3-22-10-11(18-14(22)21-8-6-17-7-9-21)19-15(20(2)12(10)23)26-16(4-5-16)13(24)25/h17H,3-9H2,1-2H3,(H,24,25). The van der Waals surface area contributed by atoms with E-state index in [0.29, 0.717) is 36.5 Å². The number of aliphatic carboxylic acids is 1. The van der Waals surface area contributed by atoms with Crippen LogP contribution in [-0.4, -0.2) is 62.0 Å². The van der Waals surface area contributed by atoms with E-state index in [0.717, 1.165) is 26.2 Å². The lowest BCUT2D eigenvalue weighted by Gasteiger charge is -2.28. The second kappa shape index (κ2) is 5.97. The molecule has 0 radical (unpaired) electrons. The monoisotopic (exact) mass is 362 g/mol. The molecule has 0 atom stereocenters. The van der Waals surface area contributed by atoms with Crippen LogP contribution in [0.4, 0.5) is 5.95 Å². The number of aromatic nitrogens is 4. The van der Waals surface area contributed by atoms with Crippen molar-refractivity contribution in [3.05, 3.63) is 10.4 Å². The van der Waals surface area contributed by atoms with Gasteiger partial charge in [-0.15, -0.1) is 0 Å². The number of piperazine rings is 1. The van der Waals surface area contributed by atoms with Crippen LogP contribution in [-0.2, 0) is 18.4 Å². The van der Waals surface area contributed by atoms with E-state index in [4.69, 9.17) is 4.74 Å². The highest BCUT2D eigenvalue weighted by molar-refractivity contribution is 5.81. The van der Waals surface area contributed by atoms with Crippen LogP contribution in [0.2, 0.25) is 0 Å². The van der Waals surface area contributed by atoms with E-state index < -0.39 is 11.6 Å². The molecule has 4 rings (SSSR count). The van der Waals surface area contributed by atoms with Crippen molar-refractivity contribution in [2.45, 2.75) is 31.9 Å². The molecular formula is C16H22N6O4. The average molecular weight is 362 g/mol. The topological polar surface area (TPSA) is 115 Å². The zero-order chi connectivity index (χ0) is 18.5. The Morgan fingerprint density at radius 3 is 2.58 bits per heavy atom.